The summed E-state index contributed by atoms with van der Waals surface area (Å²) >= 11 is 2.27. The molecule has 0 saturated heterocycles. The van der Waals surface area contributed by atoms with Crippen molar-refractivity contribution >= 4 is 27.7 Å². The van der Waals surface area contributed by atoms with Crippen LogP contribution >= 0.6 is 0 Å². The molecule has 0 heterocycles. The van der Waals surface area contributed by atoms with Crippen LogP contribution in [0.5, 0.6) is 0 Å². The van der Waals surface area contributed by atoms with Crippen molar-refractivity contribution in [2.75, 3.05) is 0 Å². The van der Waals surface area contributed by atoms with Crippen LogP contribution in [0.15, 0.2) is 109 Å². The molecule has 0 unspecified atom stereocenters. The number of rotatable bonds is 4. The molecule has 40 heavy (non-hydrogen) atoms. The van der Waals surface area contributed by atoms with E-state index < -0.39 is 0 Å². The van der Waals surface area contributed by atoms with Gasteiger partial charge in [-0.1, -0.05) is 85.6 Å². The first-order valence-corrected chi connectivity index (χ1v) is 19.2. The molecule has 0 bridgehead atoms. The Hall–Kier alpha value is -2.97. The standard InChI is InChI=1S/2C18H17.C2H6Si.Ti/c2*1-3-14-11-15-8-6-10-17(18(15)12-14)16-9-5-4-7-13(16)2;1-3-2;/h2*4-12H,3H2,1-2H3;1-2H3;/q2*-1;;+2. The first-order chi connectivity index (χ1) is 19.3. The molecule has 6 aromatic rings. The number of hydrogen-bond acceptors (Lipinski definition) is 0. The second kappa shape index (κ2) is 14.1. The van der Waals surface area contributed by atoms with Crippen molar-refractivity contribution in [3.05, 3.63) is 131 Å². The van der Waals surface area contributed by atoms with Crippen molar-refractivity contribution in [3.63, 3.8) is 0 Å². The Morgan fingerprint density at radius 1 is 0.550 bits per heavy atom. The van der Waals surface area contributed by atoms with Crippen LogP contribution in [0.25, 0.3) is 43.8 Å². The van der Waals surface area contributed by atoms with Crippen LogP contribution in [0, 0.1) is 13.8 Å². The van der Waals surface area contributed by atoms with E-state index in [0.717, 1.165) is 12.8 Å². The summed E-state index contributed by atoms with van der Waals surface area (Å²) in [6, 6.07) is 39.6. The Morgan fingerprint density at radius 3 is 1.25 bits per heavy atom. The fraction of sp³-hybridized carbons (Fsp3) is 0.211. The minimum atomic E-state index is 0.120. The van der Waals surface area contributed by atoms with Gasteiger partial charge in [-0.3, -0.25) is 0 Å². The number of benzene rings is 4. The maximum absolute atomic E-state index is 2.33. The van der Waals surface area contributed by atoms with E-state index in [2.05, 4.69) is 169 Å². The summed E-state index contributed by atoms with van der Waals surface area (Å²) in [6.07, 6.45) is 2.32. The Labute approximate surface area is 253 Å². The molecule has 0 atom stereocenters. The van der Waals surface area contributed by atoms with Crippen LogP contribution < -0.4 is 0 Å². The van der Waals surface area contributed by atoms with Crippen molar-refractivity contribution in [1.82, 2.24) is 0 Å². The van der Waals surface area contributed by atoms with Gasteiger partial charge in [0.25, 0.3) is 0 Å². The van der Waals surface area contributed by atoms with Gasteiger partial charge in [-0.05, 0) is 48.9 Å². The average molecular weight is 573 g/mol. The van der Waals surface area contributed by atoms with E-state index >= 15 is 0 Å². The second-order valence-corrected chi connectivity index (χ2v) is 17.4. The molecule has 0 amide bonds. The van der Waals surface area contributed by atoms with Crippen LogP contribution in [0.2, 0.25) is 13.1 Å². The van der Waals surface area contributed by atoms with E-state index in [9.17, 15) is 0 Å². The normalized spacial score (nSPS) is 10.6. The zero-order chi connectivity index (χ0) is 28.6. The summed E-state index contributed by atoms with van der Waals surface area (Å²) in [5.74, 6) is 0. The molecule has 0 radical (unpaired) electrons. The molecule has 6 aromatic carbocycles. The minimum absolute atomic E-state index is 0.120. The van der Waals surface area contributed by atoms with Gasteiger partial charge in [0.2, 0.25) is 0 Å². The molecule has 0 aromatic heterocycles. The third-order valence-electron chi connectivity index (χ3n) is 7.31. The van der Waals surface area contributed by atoms with Gasteiger partial charge >= 0.3 is 38.5 Å². The molecule has 0 saturated carbocycles. The zero-order valence-electron chi connectivity index (χ0n) is 24.8. The topological polar surface area (TPSA) is 0 Å². The SMILES string of the molecule is CCc1cc2c(-c3ccccc3C)cccc2[cH-]1.CCc1cc2c(-c3ccccc3C)cccc2[cH-]1.C[Si](C)=[Ti+2]. The predicted molar refractivity (Wildman–Crippen MR) is 176 cm³/mol. The van der Waals surface area contributed by atoms with Gasteiger partial charge in [0, 0.05) is 0 Å². The summed E-state index contributed by atoms with van der Waals surface area (Å²) in [7, 11) is 0. The van der Waals surface area contributed by atoms with Crippen molar-refractivity contribution in [2.45, 2.75) is 53.6 Å². The van der Waals surface area contributed by atoms with Gasteiger partial charge in [-0.15, -0.1) is 69.1 Å². The van der Waals surface area contributed by atoms with E-state index in [0.29, 0.717) is 0 Å². The fourth-order valence-corrected chi connectivity index (χ4v) is 5.22. The number of hydrogen-bond donors (Lipinski definition) is 0. The van der Waals surface area contributed by atoms with Crippen LogP contribution in [0.1, 0.15) is 36.1 Å². The molecule has 0 fully saturated rings. The molecule has 0 aliphatic heterocycles. The quantitative estimate of drug-likeness (QED) is 0.146. The van der Waals surface area contributed by atoms with E-state index in [-0.39, 0.29) is 6.19 Å². The molecule has 0 N–H and O–H groups in total. The Bertz CT molecular complexity index is 1600. The van der Waals surface area contributed by atoms with Crippen molar-refractivity contribution in [1.29, 1.82) is 0 Å². The first-order valence-electron chi connectivity index (χ1n) is 14.3. The Balaban J connectivity index is 0.000000164. The summed E-state index contributed by atoms with van der Waals surface area (Å²) in [6.45, 7) is 13.3. The second-order valence-electron chi connectivity index (χ2n) is 10.7. The Morgan fingerprint density at radius 2 is 0.900 bits per heavy atom. The summed E-state index contributed by atoms with van der Waals surface area (Å²) in [5.41, 5.74) is 10.9. The van der Waals surface area contributed by atoms with E-state index in [1.54, 1.807) is 0 Å². The predicted octanol–water partition coefficient (Wildman–Crippen LogP) is 11.0. The van der Waals surface area contributed by atoms with E-state index in [1.165, 1.54) is 66.1 Å². The van der Waals surface area contributed by atoms with Gasteiger partial charge in [-0.25, -0.2) is 0 Å². The van der Waals surface area contributed by atoms with Gasteiger partial charge in [0.15, 0.2) is 0 Å². The third-order valence-corrected chi connectivity index (χ3v) is 7.31. The maximum atomic E-state index is 2.33. The monoisotopic (exact) mass is 572 g/mol. The summed E-state index contributed by atoms with van der Waals surface area (Å²) < 4.78 is 0. The molecule has 2 heteroatoms. The molecule has 0 aliphatic carbocycles. The zero-order valence-corrected chi connectivity index (χ0v) is 27.4. The van der Waals surface area contributed by atoms with Gasteiger partial charge < -0.3 is 0 Å². The van der Waals surface area contributed by atoms with Crippen LogP contribution in [0.3, 0.4) is 0 Å². The van der Waals surface area contributed by atoms with Crippen LogP contribution in [-0.2, 0) is 32.0 Å². The average Bonchev–Trinajstić information content (AvgIpc) is 3.58. The third kappa shape index (κ3) is 7.21. The van der Waals surface area contributed by atoms with Crippen molar-refractivity contribution in [3.8, 4) is 22.3 Å². The van der Waals surface area contributed by atoms with E-state index in [1.807, 2.05) is 0 Å². The fourth-order valence-electron chi connectivity index (χ4n) is 5.22. The van der Waals surface area contributed by atoms with Gasteiger partial charge in [0.1, 0.15) is 0 Å². The summed E-state index contributed by atoms with van der Waals surface area (Å²) in [4.78, 5) is 0. The van der Waals surface area contributed by atoms with Crippen molar-refractivity contribution in [2.24, 2.45) is 0 Å². The molecule has 0 spiro atoms. The number of fused-ring (bicyclic) bond motifs is 2. The molecular formula is C38H40SiTi. The molecule has 0 aliphatic rings. The molecule has 200 valence electrons. The van der Waals surface area contributed by atoms with Gasteiger partial charge in [-0.2, -0.15) is 12.1 Å². The van der Waals surface area contributed by atoms with Gasteiger partial charge in [0.05, 0.1) is 0 Å². The van der Waals surface area contributed by atoms with Crippen LogP contribution in [-0.4, -0.2) is 6.19 Å². The molecular weight excluding hydrogens is 532 g/mol. The number of aryl methyl sites for hydroxylation is 4. The summed E-state index contributed by atoms with van der Waals surface area (Å²) in [5, 5.41) is 5.47. The molecule has 0 nitrogen and oxygen atoms in total. The van der Waals surface area contributed by atoms with Crippen molar-refractivity contribution < 1.29 is 19.2 Å². The Kier molecular flexibility index (Phi) is 10.6. The first kappa shape index (κ1) is 30.0. The molecule has 6 rings (SSSR count). The van der Waals surface area contributed by atoms with Crippen LogP contribution in [0.4, 0.5) is 0 Å². The van der Waals surface area contributed by atoms with E-state index in [4.69, 9.17) is 0 Å².